The third-order valence-corrected chi connectivity index (χ3v) is 3.00. The van der Waals surface area contributed by atoms with Crippen LogP contribution in [-0.4, -0.2) is 30.4 Å². The monoisotopic (exact) mass is 277 g/mol. The van der Waals surface area contributed by atoms with Crippen molar-refractivity contribution in [3.8, 4) is 0 Å². The number of nitrogens with one attached hydrogen (secondary N) is 1. The first-order valence-corrected chi connectivity index (χ1v) is 7.34. The number of carbonyl (C=O) groups excluding carboxylic acids is 1. The molecule has 0 unspecified atom stereocenters. The van der Waals surface area contributed by atoms with Crippen LogP contribution in [0.2, 0.25) is 0 Å². The maximum atomic E-state index is 11.9. The molecule has 0 heterocycles. The Bertz CT molecular complexity index is 401. The van der Waals surface area contributed by atoms with Crippen LogP contribution in [0.15, 0.2) is 24.3 Å². The van der Waals surface area contributed by atoms with Gasteiger partial charge in [-0.15, -0.1) is 0 Å². The second kappa shape index (κ2) is 8.59. The van der Waals surface area contributed by atoms with E-state index in [9.17, 15) is 4.79 Å². The Morgan fingerprint density at radius 3 is 2.50 bits per heavy atom. The van der Waals surface area contributed by atoms with Crippen LogP contribution in [0.5, 0.6) is 0 Å². The van der Waals surface area contributed by atoms with E-state index in [-0.39, 0.29) is 5.91 Å². The van der Waals surface area contributed by atoms with E-state index in [4.69, 9.17) is 5.73 Å². The molecule has 0 saturated heterocycles. The van der Waals surface area contributed by atoms with Gasteiger partial charge in [-0.05, 0) is 36.6 Å². The smallest absolute Gasteiger partial charge is 0.234 e. The zero-order chi connectivity index (χ0) is 15.0. The number of rotatable bonds is 8. The maximum Gasteiger partial charge on any atom is 0.234 e. The van der Waals surface area contributed by atoms with Gasteiger partial charge in [0.2, 0.25) is 5.91 Å². The number of carbonyl (C=O) groups is 1. The molecule has 0 aliphatic heterocycles. The molecule has 0 spiro atoms. The quantitative estimate of drug-likeness (QED) is 0.717. The third-order valence-electron chi connectivity index (χ3n) is 3.00. The zero-order valence-corrected chi connectivity index (χ0v) is 12.9. The predicted molar refractivity (Wildman–Crippen MR) is 84.3 cm³/mol. The second-order valence-corrected chi connectivity index (χ2v) is 5.65. The minimum absolute atomic E-state index is 0.0996. The molecule has 20 heavy (non-hydrogen) atoms. The molecular weight excluding hydrogens is 250 g/mol. The molecule has 0 fully saturated rings. The van der Waals surface area contributed by atoms with Crippen LogP contribution in [0.3, 0.4) is 0 Å². The number of nitrogens with zero attached hydrogens (tertiary/aromatic N) is 1. The van der Waals surface area contributed by atoms with E-state index in [2.05, 4.69) is 31.0 Å². The first kappa shape index (κ1) is 16.5. The average Bonchev–Trinajstić information content (AvgIpc) is 2.39. The highest BCUT2D eigenvalue weighted by molar-refractivity contribution is 5.78. The number of nitrogen functional groups attached to an aromatic ring is 1. The Kier molecular flexibility index (Phi) is 7.09. The van der Waals surface area contributed by atoms with Crippen molar-refractivity contribution < 1.29 is 4.79 Å². The van der Waals surface area contributed by atoms with Crippen molar-refractivity contribution in [1.82, 2.24) is 10.2 Å². The average molecular weight is 277 g/mol. The van der Waals surface area contributed by atoms with Gasteiger partial charge in [-0.1, -0.05) is 32.9 Å². The van der Waals surface area contributed by atoms with Crippen LogP contribution >= 0.6 is 0 Å². The van der Waals surface area contributed by atoms with Crippen molar-refractivity contribution in [2.24, 2.45) is 5.92 Å². The number of benzene rings is 1. The first-order valence-electron chi connectivity index (χ1n) is 7.34. The molecular formula is C16H27N3O. The SMILES string of the molecule is CCCN(CC(=O)NCC(C)C)Cc1ccc(N)cc1. The lowest BCUT2D eigenvalue weighted by atomic mass is 10.2. The van der Waals surface area contributed by atoms with E-state index < -0.39 is 0 Å². The van der Waals surface area contributed by atoms with Gasteiger partial charge in [-0.2, -0.15) is 0 Å². The molecule has 4 nitrogen and oxygen atoms in total. The number of amides is 1. The van der Waals surface area contributed by atoms with E-state index in [1.165, 1.54) is 5.56 Å². The fraction of sp³-hybridized carbons (Fsp3) is 0.562. The van der Waals surface area contributed by atoms with Gasteiger partial charge in [0.15, 0.2) is 0 Å². The summed E-state index contributed by atoms with van der Waals surface area (Å²) in [6, 6.07) is 7.84. The molecule has 0 radical (unpaired) electrons. The standard InChI is InChI=1S/C16H27N3O/c1-4-9-19(12-16(20)18-10-13(2)3)11-14-5-7-15(17)8-6-14/h5-8,13H,4,9-12,17H2,1-3H3,(H,18,20). The van der Waals surface area contributed by atoms with E-state index >= 15 is 0 Å². The Labute approximate surface area is 122 Å². The van der Waals surface area contributed by atoms with Crippen molar-refractivity contribution in [1.29, 1.82) is 0 Å². The van der Waals surface area contributed by atoms with E-state index in [1.54, 1.807) is 0 Å². The fourth-order valence-corrected chi connectivity index (χ4v) is 1.99. The van der Waals surface area contributed by atoms with Crippen molar-refractivity contribution in [2.75, 3.05) is 25.4 Å². The van der Waals surface area contributed by atoms with Crippen LogP contribution < -0.4 is 11.1 Å². The number of nitrogens with two attached hydrogens (primary N) is 1. The summed E-state index contributed by atoms with van der Waals surface area (Å²) in [4.78, 5) is 14.1. The predicted octanol–water partition coefficient (Wildman–Crippen LogP) is 2.25. The van der Waals surface area contributed by atoms with Gasteiger partial charge >= 0.3 is 0 Å². The van der Waals surface area contributed by atoms with Crippen LogP contribution in [0.25, 0.3) is 0 Å². The molecule has 0 aliphatic carbocycles. The molecule has 0 bridgehead atoms. The molecule has 3 N–H and O–H groups in total. The minimum atomic E-state index is 0.0996. The zero-order valence-electron chi connectivity index (χ0n) is 12.9. The second-order valence-electron chi connectivity index (χ2n) is 5.65. The Morgan fingerprint density at radius 1 is 1.30 bits per heavy atom. The lowest BCUT2D eigenvalue weighted by Crippen LogP contribution is -2.38. The summed E-state index contributed by atoms with van der Waals surface area (Å²) in [5.41, 5.74) is 7.64. The van der Waals surface area contributed by atoms with Crippen LogP contribution in [0.1, 0.15) is 32.8 Å². The molecule has 4 heteroatoms. The van der Waals surface area contributed by atoms with E-state index in [0.717, 1.165) is 31.7 Å². The largest absolute Gasteiger partial charge is 0.399 e. The van der Waals surface area contributed by atoms with E-state index in [1.807, 2.05) is 24.3 Å². The molecule has 1 aromatic rings. The first-order chi connectivity index (χ1) is 9.51. The molecule has 0 saturated carbocycles. The Hall–Kier alpha value is -1.55. The van der Waals surface area contributed by atoms with Crippen molar-refractivity contribution in [3.05, 3.63) is 29.8 Å². The highest BCUT2D eigenvalue weighted by atomic mass is 16.2. The molecule has 0 aliphatic rings. The van der Waals surface area contributed by atoms with Crippen molar-refractivity contribution in [3.63, 3.8) is 0 Å². The van der Waals surface area contributed by atoms with Crippen LogP contribution in [-0.2, 0) is 11.3 Å². The number of hydrogen-bond donors (Lipinski definition) is 2. The highest BCUT2D eigenvalue weighted by Gasteiger charge is 2.10. The lowest BCUT2D eigenvalue weighted by molar-refractivity contribution is -0.122. The maximum absolute atomic E-state index is 11.9. The van der Waals surface area contributed by atoms with Gasteiger partial charge in [-0.25, -0.2) is 0 Å². The van der Waals surface area contributed by atoms with Gasteiger partial charge < -0.3 is 11.1 Å². The summed E-state index contributed by atoms with van der Waals surface area (Å²) >= 11 is 0. The van der Waals surface area contributed by atoms with Gasteiger partial charge in [0.05, 0.1) is 6.54 Å². The van der Waals surface area contributed by atoms with Crippen LogP contribution in [0.4, 0.5) is 5.69 Å². The summed E-state index contributed by atoms with van der Waals surface area (Å²) < 4.78 is 0. The number of anilines is 1. The summed E-state index contributed by atoms with van der Waals surface area (Å²) in [5.74, 6) is 0.582. The summed E-state index contributed by atoms with van der Waals surface area (Å²) in [6.45, 7) is 9.20. The molecule has 0 aromatic heterocycles. The Morgan fingerprint density at radius 2 is 1.95 bits per heavy atom. The number of hydrogen-bond acceptors (Lipinski definition) is 3. The fourth-order valence-electron chi connectivity index (χ4n) is 1.99. The van der Waals surface area contributed by atoms with Gasteiger partial charge in [0.1, 0.15) is 0 Å². The minimum Gasteiger partial charge on any atom is -0.399 e. The highest BCUT2D eigenvalue weighted by Crippen LogP contribution is 2.09. The van der Waals surface area contributed by atoms with Crippen molar-refractivity contribution in [2.45, 2.75) is 33.7 Å². The molecule has 1 amide bonds. The third kappa shape index (κ3) is 6.57. The molecule has 0 atom stereocenters. The topological polar surface area (TPSA) is 58.4 Å². The summed E-state index contributed by atoms with van der Waals surface area (Å²) in [7, 11) is 0. The Balaban J connectivity index is 2.51. The van der Waals surface area contributed by atoms with E-state index in [0.29, 0.717) is 12.5 Å². The normalized spacial score (nSPS) is 11.1. The molecule has 1 aromatic carbocycles. The van der Waals surface area contributed by atoms with Gasteiger partial charge in [0.25, 0.3) is 0 Å². The lowest BCUT2D eigenvalue weighted by Gasteiger charge is -2.21. The van der Waals surface area contributed by atoms with Crippen LogP contribution in [0, 0.1) is 5.92 Å². The molecule has 1 rings (SSSR count). The van der Waals surface area contributed by atoms with Crippen molar-refractivity contribution >= 4 is 11.6 Å². The van der Waals surface area contributed by atoms with Gasteiger partial charge in [0, 0.05) is 18.8 Å². The van der Waals surface area contributed by atoms with Gasteiger partial charge in [-0.3, -0.25) is 9.69 Å². The molecule has 112 valence electrons. The summed E-state index contributed by atoms with van der Waals surface area (Å²) in [5, 5.41) is 2.97. The summed E-state index contributed by atoms with van der Waals surface area (Å²) in [6.07, 6.45) is 1.03.